The maximum absolute atomic E-state index is 12.2. The topological polar surface area (TPSA) is 49.4 Å². The van der Waals surface area contributed by atoms with Gasteiger partial charge in [-0.25, -0.2) is 0 Å². The molecule has 0 spiro atoms. The number of rotatable bonds is 5. The number of anilines is 1. The van der Waals surface area contributed by atoms with Gasteiger partial charge in [-0.3, -0.25) is 9.59 Å². The molecule has 0 saturated carbocycles. The van der Waals surface area contributed by atoms with Crippen LogP contribution in [0.1, 0.15) is 24.0 Å². The molecule has 0 aromatic heterocycles. The van der Waals surface area contributed by atoms with E-state index in [1.165, 1.54) is 0 Å². The van der Waals surface area contributed by atoms with Crippen molar-refractivity contribution in [1.82, 2.24) is 4.90 Å². The molecule has 25 heavy (non-hydrogen) atoms. The van der Waals surface area contributed by atoms with Crippen LogP contribution >= 0.6 is 11.6 Å². The van der Waals surface area contributed by atoms with Crippen LogP contribution in [0.25, 0.3) is 0 Å². The Morgan fingerprint density at radius 1 is 0.880 bits per heavy atom. The molecule has 0 unspecified atom stereocenters. The van der Waals surface area contributed by atoms with E-state index < -0.39 is 0 Å². The Labute approximate surface area is 152 Å². The largest absolute Gasteiger partial charge is 0.342 e. The number of carbonyl (C=O) groups is 2. The second-order valence-corrected chi connectivity index (χ2v) is 6.75. The Kier molecular flexibility index (Phi) is 5.71. The molecule has 2 aromatic carbocycles. The summed E-state index contributed by atoms with van der Waals surface area (Å²) in [6.07, 6.45) is 2.92. The van der Waals surface area contributed by atoms with Crippen molar-refractivity contribution in [3.63, 3.8) is 0 Å². The zero-order valence-corrected chi connectivity index (χ0v) is 14.8. The molecule has 5 heteroatoms. The summed E-state index contributed by atoms with van der Waals surface area (Å²) in [7, 11) is 0. The third-order valence-electron chi connectivity index (χ3n) is 4.33. The number of nitrogens with zero attached hydrogens (tertiary/aromatic N) is 1. The van der Waals surface area contributed by atoms with Gasteiger partial charge in [0.1, 0.15) is 0 Å². The summed E-state index contributed by atoms with van der Waals surface area (Å²) in [5.74, 6) is 0.0974. The molecule has 3 rings (SSSR count). The molecular formula is C20H21ClN2O2. The van der Waals surface area contributed by atoms with Crippen LogP contribution in [0.15, 0.2) is 48.5 Å². The molecule has 130 valence electrons. The number of benzene rings is 2. The van der Waals surface area contributed by atoms with E-state index in [1.54, 1.807) is 12.1 Å². The third kappa shape index (κ3) is 5.07. The molecule has 1 saturated heterocycles. The summed E-state index contributed by atoms with van der Waals surface area (Å²) in [6, 6.07) is 14.7. The van der Waals surface area contributed by atoms with Gasteiger partial charge in [0.2, 0.25) is 11.8 Å². The Morgan fingerprint density at radius 3 is 2.08 bits per heavy atom. The zero-order chi connectivity index (χ0) is 17.6. The monoisotopic (exact) mass is 356 g/mol. The number of likely N-dealkylation sites (tertiary alicyclic amines) is 1. The van der Waals surface area contributed by atoms with E-state index in [0.29, 0.717) is 17.9 Å². The van der Waals surface area contributed by atoms with Crippen LogP contribution in [-0.2, 0) is 22.4 Å². The molecule has 0 atom stereocenters. The average Bonchev–Trinajstić information content (AvgIpc) is 3.13. The molecule has 1 fully saturated rings. The molecule has 2 amide bonds. The summed E-state index contributed by atoms with van der Waals surface area (Å²) in [5.41, 5.74) is 2.61. The van der Waals surface area contributed by atoms with Crippen molar-refractivity contribution in [3.8, 4) is 0 Å². The Balaban J connectivity index is 1.52. The van der Waals surface area contributed by atoms with Crippen LogP contribution in [0.5, 0.6) is 0 Å². The number of amides is 2. The lowest BCUT2D eigenvalue weighted by atomic mass is 10.1. The highest BCUT2D eigenvalue weighted by atomic mass is 35.5. The van der Waals surface area contributed by atoms with Gasteiger partial charge in [-0.05, 0) is 48.2 Å². The normalized spacial score (nSPS) is 13.7. The van der Waals surface area contributed by atoms with Gasteiger partial charge in [0.05, 0.1) is 12.8 Å². The minimum absolute atomic E-state index is 0.0804. The lowest BCUT2D eigenvalue weighted by Gasteiger charge is -2.15. The summed E-state index contributed by atoms with van der Waals surface area (Å²) in [6.45, 7) is 1.75. The highest BCUT2D eigenvalue weighted by Crippen LogP contribution is 2.15. The van der Waals surface area contributed by atoms with E-state index in [4.69, 9.17) is 11.6 Å². The number of nitrogens with one attached hydrogen (secondary N) is 1. The lowest BCUT2D eigenvalue weighted by Crippen LogP contribution is -2.29. The predicted molar refractivity (Wildman–Crippen MR) is 99.7 cm³/mol. The van der Waals surface area contributed by atoms with Crippen molar-refractivity contribution >= 4 is 29.1 Å². The Morgan fingerprint density at radius 2 is 1.44 bits per heavy atom. The van der Waals surface area contributed by atoms with Gasteiger partial charge in [-0.2, -0.15) is 0 Å². The van der Waals surface area contributed by atoms with Crippen LogP contribution in [0, 0.1) is 0 Å². The molecule has 2 aromatic rings. The first-order valence-corrected chi connectivity index (χ1v) is 8.89. The van der Waals surface area contributed by atoms with Crippen LogP contribution < -0.4 is 5.32 Å². The van der Waals surface area contributed by atoms with Crippen molar-refractivity contribution in [2.45, 2.75) is 25.7 Å². The van der Waals surface area contributed by atoms with Gasteiger partial charge in [0, 0.05) is 23.8 Å². The number of hydrogen-bond acceptors (Lipinski definition) is 2. The van der Waals surface area contributed by atoms with Crippen molar-refractivity contribution in [1.29, 1.82) is 0 Å². The minimum atomic E-state index is -0.0804. The minimum Gasteiger partial charge on any atom is -0.342 e. The summed E-state index contributed by atoms with van der Waals surface area (Å²) in [5, 5.41) is 3.53. The van der Waals surface area contributed by atoms with Gasteiger partial charge in [0.15, 0.2) is 0 Å². The molecule has 1 heterocycles. The quantitative estimate of drug-likeness (QED) is 0.888. The molecule has 1 N–H and O–H groups in total. The fraction of sp³-hybridized carbons (Fsp3) is 0.300. The van der Waals surface area contributed by atoms with Crippen molar-refractivity contribution < 1.29 is 9.59 Å². The molecular weight excluding hydrogens is 336 g/mol. The standard InChI is InChI=1S/C20H21ClN2O2/c21-17-7-3-15(4-8-17)13-19(24)22-18-9-5-16(6-10-18)14-20(25)23-11-1-2-12-23/h3-10H,1-2,11-14H2,(H,22,24). The van der Waals surface area contributed by atoms with E-state index in [-0.39, 0.29) is 11.8 Å². The van der Waals surface area contributed by atoms with E-state index in [1.807, 2.05) is 41.3 Å². The van der Waals surface area contributed by atoms with E-state index >= 15 is 0 Å². The van der Waals surface area contributed by atoms with Crippen molar-refractivity contribution in [2.24, 2.45) is 0 Å². The first-order valence-electron chi connectivity index (χ1n) is 8.51. The second kappa shape index (κ2) is 8.17. The second-order valence-electron chi connectivity index (χ2n) is 6.31. The summed E-state index contributed by atoms with van der Waals surface area (Å²) in [4.78, 5) is 26.2. The van der Waals surface area contributed by atoms with E-state index in [9.17, 15) is 9.59 Å². The molecule has 0 bridgehead atoms. The Hall–Kier alpha value is -2.33. The fourth-order valence-electron chi connectivity index (χ4n) is 2.95. The third-order valence-corrected chi connectivity index (χ3v) is 4.58. The summed E-state index contributed by atoms with van der Waals surface area (Å²) < 4.78 is 0. The highest BCUT2D eigenvalue weighted by molar-refractivity contribution is 6.30. The zero-order valence-electron chi connectivity index (χ0n) is 14.0. The molecule has 1 aliphatic rings. The maximum Gasteiger partial charge on any atom is 0.228 e. The maximum atomic E-state index is 12.2. The Bertz CT molecular complexity index is 735. The molecule has 1 aliphatic heterocycles. The van der Waals surface area contributed by atoms with Crippen LogP contribution in [0.2, 0.25) is 5.02 Å². The average molecular weight is 357 g/mol. The van der Waals surface area contributed by atoms with Crippen molar-refractivity contribution in [3.05, 3.63) is 64.7 Å². The van der Waals surface area contributed by atoms with E-state index in [2.05, 4.69) is 5.32 Å². The van der Waals surface area contributed by atoms with Crippen LogP contribution in [0.4, 0.5) is 5.69 Å². The number of halogens is 1. The van der Waals surface area contributed by atoms with Gasteiger partial charge >= 0.3 is 0 Å². The van der Waals surface area contributed by atoms with Gasteiger partial charge in [-0.15, -0.1) is 0 Å². The SMILES string of the molecule is O=C(Cc1ccc(Cl)cc1)Nc1ccc(CC(=O)N2CCCC2)cc1. The molecule has 0 aliphatic carbocycles. The molecule has 0 radical (unpaired) electrons. The highest BCUT2D eigenvalue weighted by Gasteiger charge is 2.17. The number of hydrogen-bond donors (Lipinski definition) is 1. The summed E-state index contributed by atoms with van der Waals surface area (Å²) >= 11 is 5.84. The molecule has 4 nitrogen and oxygen atoms in total. The van der Waals surface area contributed by atoms with Gasteiger partial charge < -0.3 is 10.2 Å². The van der Waals surface area contributed by atoms with Crippen molar-refractivity contribution in [2.75, 3.05) is 18.4 Å². The predicted octanol–water partition coefficient (Wildman–Crippen LogP) is 3.69. The fourth-order valence-corrected chi connectivity index (χ4v) is 3.08. The van der Waals surface area contributed by atoms with E-state index in [0.717, 1.165) is 42.7 Å². The lowest BCUT2D eigenvalue weighted by molar-refractivity contribution is -0.129. The first-order chi connectivity index (χ1) is 12.1. The van der Waals surface area contributed by atoms with Gasteiger partial charge in [0.25, 0.3) is 0 Å². The smallest absolute Gasteiger partial charge is 0.228 e. The van der Waals surface area contributed by atoms with Crippen LogP contribution in [0.3, 0.4) is 0 Å². The first kappa shape index (κ1) is 17.5. The number of carbonyl (C=O) groups excluding carboxylic acids is 2. The van der Waals surface area contributed by atoms with Crippen LogP contribution in [-0.4, -0.2) is 29.8 Å². The van der Waals surface area contributed by atoms with Gasteiger partial charge in [-0.1, -0.05) is 35.9 Å².